The number of hydrogen-bond donors (Lipinski definition) is 1. The predicted molar refractivity (Wildman–Crippen MR) is 51.5 cm³/mol. The van der Waals surface area contributed by atoms with Gasteiger partial charge in [0.1, 0.15) is 0 Å². The van der Waals surface area contributed by atoms with E-state index in [1.54, 1.807) is 0 Å². The quantitative estimate of drug-likeness (QED) is 0.621. The van der Waals surface area contributed by atoms with Crippen molar-refractivity contribution in [1.82, 2.24) is 0 Å². The monoisotopic (exact) mass is 155 g/mol. The molecule has 66 valence electrons. The summed E-state index contributed by atoms with van der Waals surface area (Å²) in [5, 5.41) is 0. The maximum atomic E-state index is 6.03. The van der Waals surface area contributed by atoms with Gasteiger partial charge in [-0.1, -0.05) is 26.8 Å². The molecule has 0 fully saturated rings. The lowest BCUT2D eigenvalue weighted by atomic mass is 9.79. The Morgan fingerprint density at radius 3 is 2.09 bits per heavy atom. The lowest BCUT2D eigenvalue weighted by molar-refractivity contribution is 0.296. The Kier molecular flexibility index (Phi) is 3.30. The van der Waals surface area contributed by atoms with Crippen LogP contribution in [0.15, 0.2) is 12.7 Å². The van der Waals surface area contributed by atoms with Crippen LogP contribution in [0.4, 0.5) is 0 Å². The molecule has 11 heavy (non-hydrogen) atoms. The summed E-state index contributed by atoms with van der Waals surface area (Å²) in [6.07, 6.45) is 4.00. The number of rotatable bonds is 4. The Morgan fingerprint density at radius 1 is 1.36 bits per heavy atom. The van der Waals surface area contributed by atoms with Gasteiger partial charge in [-0.3, -0.25) is 0 Å². The maximum absolute atomic E-state index is 6.03. The minimum Gasteiger partial charge on any atom is -0.325 e. The van der Waals surface area contributed by atoms with E-state index in [0.29, 0.717) is 0 Å². The highest BCUT2D eigenvalue weighted by atomic mass is 14.7. The van der Waals surface area contributed by atoms with E-state index >= 15 is 0 Å². The lowest BCUT2D eigenvalue weighted by Gasteiger charge is -2.31. The first kappa shape index (κ1) is 10.7. The molecule has 0 saturated heterocycles. The fourth-order valence-electron chi connectivity index (χ4n) is 1.24. The van der Waals surface area contributed by atoms with Crippen molar-refractivity contribution in [3.63, 3.8) is 0 Å². The average molecular weight is 155 g/mol. The van der Waals surface area contributed by atoms with Gasteiger partial charge in [0, 0.05) is 5.54 Å². The highest BCUT2D eigenvalue weighted by Crippen LogP contribution is 2.28. The summed E-state index contributed by atoms with van der Waals surface area (Å²) < 4.78 is 0. The maximum Gasteiger partial charge on any atom is 0.0131 e. The summed E-state index contributed by atoms with van der Waals surface area (Å²) in [6, 6.07) is 0. The first-order chi connectivity index (χ1) is 4.83. The van der Waals surface area contributed by atoms with Crippen LogP contribution >= 0.6 is 0 Å². The van der Waals surface area contributed by atoms with Crippen LogP contribution in [-0.2, 0) is 0 Å². The Labute approximate surface area is 70.7 Å². The van der Waals surface area contributed by atoms with Gasteiger partial charge < -0.3 is 5.73 Å². The molecule has 2 N–H and O–H groups in total. The zero-order valence-corrected chi connectivity index (χ0v) is 8.28. The molecule has 0 bridgehead atoms. The molecule has 0 spiro atoms. The molecule has 0 aromatic rings. The number of allylic oxidation sites excluding steroid dienone is 1. The smallest absolute Gasteiger partial charge is 0.0131 e. The summed E-state index contributed by atoms with van der Waals surface area (Å²) in [5.41, 5.74) is 6.15. The van der Waals surface area contributed by atoms with Crippen LogP contribution in [0.3, 0.4) is 0 Å². The standard InChI is InChI=1S/C10H21N/c1-6-9(3,4)8-10(5,11)7-2/h6H,1,7-8,11H2,2-5H3. The van der Waals surface area contributed by atoms with Crippen molar-refractivity contribution in [3.05, 3.63) is 12.7 Å². The van der Waals surface area contributed by atoms with Crippen LogP contribution in [0.2, 0.25) is 0 Å². The zero-order valence-electron chi connectivity index (χ0n) is 8.28. The van der Waals surface area contributed by atoms with E-state index in [2.05, 4.69) is 34.3 Å². The third-order valence-corrected chi connectivity index (χ3v) is 2.22. The van der Waals surface area contributed by atoms with Gasteiger partial charge in [0.05, 0.1) is 0 Å². The second-order valence-electron chi connectivity index (χ2n) is 4.38. The summed E-state index contributed by atoms with van der Waals surface area (Å²) in [7, 11) is 0. The van der Waals surface area contributed by atoms with Crippen LogP contribution < -0.4 is 5.73 Å². The van der Waals surface area contributed by atoms with Gasteiger partial charge >= 0.3 is 0 Å². The highest BCUT2D eigenvalue weighted by Gasteiger charge is 2.24. The molecular weight excluding hydrogens is 134 g/mol. The minimum absolute atomic E-state index is 0.0440. The molecule has 0 aromatic carbocycles. The first-order valence-electron chi connectivity index (χ1n) is 4.25. The first-order valence-corrected chi connectivity index (χ1v) is 4.25. The average Bonchev–Trinajstić information content (AvgIpc) is 1.86. The topological polar surface area (TPSA) is 26.0 Å². The fourth-order valence-corrected chi connectivity index (χ4v) is 1.24. The second kappa shape index (κ2) is 3.40. The number of hydrogen-bond acceptors (Lipinski definition) is 1. The molecule has 0 rings (SSSR count). The predicted octanol–water partition coefficient (Wildman–Crippen LogP) is 2.72. The van der Waals surface area contributed by atoms with Crippen LogP contribution in [0.25, 0.3) is 0 Å². The van der Waals surface area contributed by atoms with Gasteiger partial charge in [-0.15, -0.1) is 6.58 Å². The van der Waals surface area contributed by atoms with Gasteiger partial charge in [-0.05, 0) is 25.2 Å². The molecule has 0 heterocycles. The molecule has 1 nitrogen and oxygen atoms in total. The lowest BCUT2D eigenvalue weighted by Crippen LogP contribution is -2.39. The molecule has 0 saturated carbocycles. The Bertz CT molecular complexity index is 134. The van der Waals surface area contributed by atoms with Crippen molar-refractivity contribution in [2.45, 2.75) is 46.1 Å². The minimum atomic E-state index is -0.0440. The van der Waals surface area contributed by atoms with E-state index in [1.807, 2.05) is 6.08 Å². The highest BCUT2D eigenvalue weighted by molar-refractivity contribution is 4.94. The molecule has 0 aliphatic rings. The molecule has 0 radical (unpaired) electrons. The summed E-state index contributed by atoms with van der Waals surface area (Å²) in [6.45, 7) is 12.3. The van der Waals surface area contributed by atoms with Crippen molar-refractivity contribution in [1.29, 1.82) is 0 Å². The van der Waals surface area contributed by atoms with Crippen LogP contribution in [0.1, 0.15) is 40.5 Å². The molecular formula is C10H21N. The van der Waals surface area contributed by atoms with E-state index in [-0.39, 0.29) is 11.0 Å². The zero-order chi connectivity index (χ0) is 9.12. The van der Waals surface area contributed by atoms with Crippen molar-refractivity contribution < 1.29 is 0 Å². The van der Waals surface area contributed by atoms with Crippen molar-refractivity contribution in [3.8, 4) is 0 Å². The Hall–Kier alpha value is -0.300. The van der Waals surface area contributed by atoms with Crippen molar-refractivity contribution >= 4 is 0 Å². The molecule has 0 aliphatic carbocycles. The van der Waals surface area contributed by atoms with Gasteiger partial charge in [0.15, 0.2) is 0 Å². The van der Waals surface area contributed by atoms with Crippen molar-refractivity contribution in [2.24, 2.45) is 11.1 Å². The second-order valence-corrected chi connectivity index (χ2v) is 4.38. The number of nitrogens with two attached hydrogens (primary N) is 1. The van der Waals surface area contributed by atoms with Crippen LogP contribution in [-0.4, -0.2) is 5.54 Å². The Balaban J connectivity index is 4.12. The Morgan fingerprint density at radius 2 is 1.82 bits per heavy atom. The molecule has 1 atom stereocenters. The van der Waals surface area contributed by atoms with Gasteiger partial charge in [0.25, 0.3) is 0 Å². The van der Waals surface area contributed by atoms with E-state index in [0.717, 1.165) is 12.8 Å². The van der Waals surface area contributed by atoms with Gasteiger partial charge in [-0.2, -0.15) is 0 Å². The molecule has 0 amide bonds. The fraction of sp³-hybridized carbons (Fsp3) is 0.800. The van der Waals surface area contributed by atoms with E-state index in [9.17, 15) is 0 Å². The molecule has 0 aromatic heterocycles. The van der Waals surface area contributed by atoms with Gasteiger partial charge in [0.2, 0.25) is 0 Å². The molecule has 1 unspecified atom stereocenters. The van der Waals surface area contributed by atoms with E-state index in [4.69, 9.17) is 5.73 Å². The van der Waals surface area contributed by atoms with Crippen molar-refractivity contribution in [2.75, 3.05) is 0 Å². The SMILES string of the molecule is C=CC(C)(C)CC(C)(N)CC. The van der Waals surface area contributed by atoms with E-state index in [1.165, 1.54) is 0 Å². The van der Waals surface area contributed by atoms with Crippen LogP contribution in [0.5, 0.6) is 0 Å². The molecule has 1 heteroatoms. The normalized spacial score (nSPS) is 17.5. The van der Waals surface area contributed by atoms with Crippen LogP contribution in [0, 0.1) is 5.41 Å². The molecule has 0 aliphatic heterocycles. The third-order valence-electron chi connectivity index (χ3n) is 2.22. The van der Waals surface area contributed by atoms with E-state index < -0.39 is 0 Å². The third kappa shape index (κ3) is 4.20. The summed E-state index contributed by atoms with van der Waals surface area (Å²) in [4.78, 5) is 0. The summed E-state index contributed by atoms with van der Waals surface area (Å²) in [5.74, 6) is 0. The largest absolute Gasteiger partial charge is 0.325 e. The van der Waals surface area contributed by atoms with Gasteiger partial charge in [-0.25, -0.2) is 0 Å². The summed E-state index contributed by atoms with van der Waals surface area (Å²) >= 11 is 0.